The van der Waals surface area contributed by atoms with Crippen molar-refractivity contribution < 1.29 is 4.79 Å². The largest absolute Gasteiger partial charge is 0.367 e. The number of amides is 1. The van der Waals surface area contributed by atoms with Crippen LogP contribution in [0.1, 0.15) is 25.3 Å². The molecule has 0 radical (unpaired) electrons. The number of aryl methyl sites for hydroxylation is 1. The number of piperidine rings is 1. The third kappa shape index (κ3) is 4.01. The number of para-hydroxylation sites is 1. The highest BCUT2D eigenvalue weighted by Crippen LogP contribution is 2.20. The summed E-state index contributed by atoms with van der Waals surface area (Å²) < 4.78 is 0. The average molecular weight is 325 g/mol. The molecule has 3 rings (SSSR count). The summed E-state index contributed by atoms with van der Waals surface area (Å²) in [6, 6.07) is 10.2. The minimum Gasteiger partial charge on any atom is -0.367 e. The second kappa shape index (κ2) is 7.29. The lowest BCUT2D eigenvalue weighted by Crippen LogP contribution is -2.41. The molecule has 24 heavy (non-hydrogen) atoms. The predicted octanol–water partition coefficient (Wildman–Crippen LogP) is 2.95. The van der Waals surface area contributed by atoms with Crippen LogP contribution >= 0.6 is 0 Å². The van der Waals surface area contributed by atoms with E-state index in [0.717, 1.165) is 43.0 Å². The van der Waals surface area contributed by atoms with Gasteiger partial charge in [-0.05, 0) is 31.9 Å². The Balaban J connectivity index is 1.65. The van der Waals surface area contributed by atoms with E-state index in [9.17, 15) is 4.79 Å². The van der Waals surface area contributed by atoms with Crippen molar-refractivity contribution in [2.75, 3.05) is 23.7 Å². The lowest BCUT2D eigenvalue weighted by atomic mass is 10.0. The fourth-order valence-corrected chi connectivity index (χ4v) is 2.83. The number of likely N-dealkylation sites (tertiary alicyclic amines) is 1. The Kier molecular flexibility index (Phi) is 4.93. The molecule has 126 valence electrons. The minimum atomic E-state index is 0.154. The van der Waals surface area contributed by atoms with Gasteiger partial charge in [-0.1, -0.05) is 18.2 Å². The maximum Gasteiger partial charge on any atom is 0.229 e. The number of carbonyl (C=O) groups excluding carboxylic acids is 1. The van der Waals surface area contributed by atoms with Gasteiger partial charge in [0.2, 0.25) is 11.9 Å². The van der Waals surface area contributed by atoms with Crippen molar-refractivity contribution in [3.8, 4) is 0 Å². The van der Waals surface area contributed by atoms with Gasteiger partial charge in [0.25, 0.3) is 0 Å². The summed E-state index contributed by atoms with van der Waals surface area (Å²) in [6.45, 7) is 5.22. The summed E-state index contributed by atoms with van der Waals surface area (Å²) in [5.41, 5.74) is 1.98. The molecule has 1 aromatic carbocycles. The maximum atomic E-state index is 11.4. The van der Waals surface area contributed by atoms with Crippen LogP contribution in [0.5, 0.6) is 0 Å². The van der Waals surface area contributed by atoms with E-state index >= 15 is 0 Å². The van der Waals surface area contributed by atoms with Crippen LogP contribution in [0.15, 0.2) is 36.5 Å². The van der Waals surface area contributed by atoms with E-state index in [0.29, 0.717) is 12.0 Å². The van der Waals surface area contributed by atoms with Crippen molar-refractivity contribution in [3.05, 3.63) is 42.1 Å². The number of rotatable bonds is 4. The highest BCUT2D eigenvalue weighted by Gasteiger charge is 2.21. The van der Waals surface area contributed by atoms with Gasteiger partial charge in [0.15, 0.2) is 0 Å². The molecule has 2 N–H and O–H groups in total. The molecule has 2 aromatic rings. The van der Waals surface area contributed by atoms with E-state index in [1.807, 2.05) is 48.4 Å². The monoisotopic (exact) mass is 325 g/mol. The molecule has 6 nitrogen and oxygen atoms in total. The third-order valence-electron chi connectivity index (χ3n) is 4.28. The van der Waals surface area contributed by atoms with Crippen molar-refractivity contribution in [1.82, 2.24) is 14.9 Å². The summed E-state index contributed by atoms with van der Waals surface area (Å²) in [6.07, 6.45) is 3.69. The van der Waals surface area contributed by atoms with Crippen LogP contribution in [-0.2, 0) is 4.79 Å². The molecule has 0 spiro atoms. The van der Waals surface area contributed by atoms with Crippen LogP contribution in [0.2, 0.25) is 0 Å². The first-order valence-electron chi connectivity index (χ1n) is 8.29. The highest BCUT2D eigenvalue weighted by atomic mass is 16.2. The molecule has 2 heterocycles. The number of anilines is 3. The number of carbonyl (C=O) groups is 1. The van der Waals surface area contributed by atoms with Gasteiger partial charge in [-0.25, -0.2) is 4.98 Å². The Morgan fingerprint density at radius 2 is 1.92 bits per heavy atom. The molecule has 1 amide bonds. The van der Waals surface area contributed by atoms with Crippen LogP contribution in [-0.4, -0.2) is 39.9 Å². The van der Waals surface area contributed by atoms with E-state index in [-0.39, 0.29) is 5.91 Å². The summed E-state index contributed by atoms with van der Waals surface area (Å²) in [5.74, 6) is 1.58. The number of hydrogen-bond acceptors (Lipinski definition) is 5. The molecule has 6 heteroatoms. The predicted molar refractivity (Wildman–Crippen MR) is 95.4 cm³/mol. The topological polar surface area (TPSA) is 70.2 Å². The first-order valence-corrected chi connectivity index (χ1v) is 8.29. The Bertz CT molecular complexity index is 696. The molecule has 0 aliphatic carbocycles. The van der Waals surface area contributed by atoms with Gasteiger partial charge in [-0.2, -0.15) is 4.98 Å². The third-order valence-corrected chi connectivity index (χ3v) is 4.28. The molecule has 1 aromatic heterocycles. The molecular weight excluding hydrogens is 302 g/mol. The van der Waals surface area contributed by atoms with E-state index < -0.39 is 0 Å². The zero-order chi connectivity index (χ0) is 16.9. The minimum absolute atomic E-state index is 0.154. The van der Waals surface area contributed by atoms with Crippen molar-refractivity contribution in [3.63, 3.8) is 0 Å². The van der Waals surface area contributed by atoms with Crippen molar-refractivity contribution in [2.24, 2.45) is 0 Å². The van der Waals surface area contributed by atoms with E-state index in [4.69, 9.17) is 0 Å². The second-order valence-corrected chi connectivity index (χ2v) is 6.14. The Hall–Kier alpha value is -2.63. The van der Waals surface area contributed by atoms with Crippen LogP contribution in [0, 0.1) is 6.92 Å². The van der Waals surface area contributed by atoms with Crippen LogP contribution in [0.25, 0.3) is 0 Å². The highest BCUT2D eigenvalue weighted by molar-refractivity contribution is 5.73. The normalized spacial score (nSPS) is 15.2. The first-order chi connectivity index (χ1) is 11.6. The number of benzene rings is 1. The molecule has 0 unspecified atom stereocenters. The second-order valence-electron chi connectivity index (χ2n) is 6.14. The zero-order valence-corrected chi connectivity index (χ0v) is 14.1. The SMILES string of the molecule is CC(=O)N1CCC(Nc2nc(Nc3ccccc3)ncc2C)CC1. The molecular formula is C18H23N5O. The number of aromatic nitrogens is 2. The molecule has 1 fully saturated rings. The number of nitrogens with one attached hydrogen (secondary N) is 2. The van der Waals surface area contributed by atoms with Crippen molar-refractivity contribution in [1.29, 1.82) is 0 Å². The van der Waals surface area contributed by atoms with E-state index in [1.54, 1.807) is 6.92 Å². The quantitative estimate of drug-likeness (QED) is 0.904. The van der Waals surface area contributed by atoms with Gasteiger partial charge in [-0.3, -0.25) is 4.79 Å². The summed E-state index contributed by atoms with van der Waals surface area (Å²) in [7, 11) is 0. The summed E-state index contributed by atoms with van der Waals surface area (Å²) >= 11 is 0. The van der Waals surface area contributed by atoms with Gasteiger partial charge >= 0.3 is 0 Å². The van der Waals surface area contributed by atoms with Gasteiger partial charge in [0.1, 0.15) is 5.82 Å². The Morgan fingerprint density at radius 1 is 1.21 bits per heavy atom. The Morgan fingerprint density at radius 3 is 2.58 bits per heavy atom. The Labute approximate surface area is 142 Å². The van der Waals surface area contributed by atoms with Gasteiger partial charge in [-0.15, -0.1) is 0 Å². The fraction of sp³-hybridized carbons (Fsp3) is 0.389. The molecule has 0 bridgehead atoms. The number of nitrogens with zero attached hydrogens (tertiary/aromatic N) is 3. The number of hydrogen-bond donors (Lipinski definition) is 2. The molecule has 1 saturated heterocycles. The first kappa shape index (κ1) is 16.2. The summed E-state index contributed by atoms with van der Waals surface area (Å²) in [4.78, 5) is 22.3. The summed E-state index contributed by atoms with van der Waals surface area (Å²) in [5, 5.41) is 6.72. The molecule has 1 aliphatic rings. The standard InChI is InChI=1S/C18H23N5O/c1-13-12-19-18(21-15-6-4-3-5-7-15)22-17(13)20-16-8-10-23(11-9-16)14(2)24/h3-7,12,16H,8-11H2,1-2H3,(H2,19,20,21,22). The van der Waals surface area contributed by atoms with Crippen LogP contribution < -0.4 is 10.6 Å². The van der Waals surface area contributed by atoms with E-state index in [1.165, 1.54) is 0 Å². The van der Waals surface area contributed by atoms with Gasteiger partial charge < -0.3 is 15.5 Å². The lowest BCUT2D eigenvalue weighted by molar-refractivity contribution is -0.129. The zero-order valence-electron chi connectivity index (χ0n) is 14.1. The molecule has 0 saturated carbocycles. The average Bonchev–Trinajstić information content (AvgIpc) is 2.59. The lowest BCUT2D eigenvalue weighted by Gasteiger charge is -2.32. The van der Waals surface area contributed by atoms with Gasteiger partial charge in [0.05, 0.1) is 0 Å². The smallest absolute Gasteiger partial charge is 0.229 e. The van der Waals surface area contributed by atoms with Gasteiger partial charge in [0, 0.05) is 43.5 Å². The van der Waals surface area contributed by atoms with Crippen LogP contribution in [0.4, 0.5) is 17.5 Å². The molecule has 0 atom stereocenters. The molecule has 1 aliphatic heterocycles. The maximum absolute atomic E-state index is 11.4. The van der Waals surface area contributed by atoms with Crippen LogP contribution in [0.3, 0.4) is 0 Å². The van der Waals surface area contributed by atoms with Crippen molar-refractivity contribution >= 4 is 23.4 Å². The van der Waals surface area contributed by atoms with Crippen molar-refractivity contribution in [2.45, 2.75) is 32.7 Å². The van der Waals surface area contributed by atoms with E-state index in [2.05, 4.69) is 20.6 Å². The fourth-order valence-electron chi connectivity index (χ4n) is 2.83.